The van der Waals surface area contributed by atoms with Crippen molar-refractivity contribution in [3.63, 3.8) is 0 Å². The second kappa shape index (κ2) is 6.54. The lowest BCUT2D eigenvalue weighted by atomic mass is 10.1. The van der Waals surface area contributed by atoms with E-state index < -0.39 is 0 Å². The molecule has 0 spiro atoms. The van der Waals surface area contributed by atoms with Gasteiger partial charge >= 0.3 is 0 Å². The van der Waals surface area contributed by atoms with Gasteiger partial charge in [0.25, 0.3) is 5.91 Å². The molecule has 1 saturated heterocycles. The fourth-order valence-corrected chi connectivity index (χ4v) is 3.40. The molecule has 0 radical (unpaired) electrons. The normalized spacial score (nSPS) is 18.2. The summed E-state index contributed by atoms with van der Waals surface area (Å²) in [4.78, 5) is 18.5. The lowest BCUT2D eigenvalue weighted by Gasteiger charge is -2.18. The Morgan fingerprint density at radius 3 is 3.24 bits per heavy atom. The van der Waals surface area contributed by atoms with Crippen molar-refractivity contribution in [2.24, 2.45) is 0 Å². The molecule has 1 aromatic carbocycles. The Balaban J connectivity index is 1.55. The van der Waals surface area contributed by atoms with Gasteiger partial charge in [0.1, 0.15) is 0 Å². The minimum absolute atomic E-state index is 0.0669. The summed E-state index contributed by atoms with van der Waals surface area (Å²) < 4.78 is 6.73. The Bertz CT molecular complexity index is 620. The number of carbonyl (C=O) groups excluding carboxylic acids is 1. The Morgan fingerprint density at radius 2 is 2.43 bits per heavy atom. The molecule has 1 amide bonds. The van der Waals surface area contributed by atoms with Gasteiger partial charge in [-0.25, -0.2) is 4.98 Å². The first-order chi connectivity index (χ1) is 10.2. The average molecular weight is 304 g/mol. The average Bonchev–Trinajstić information content (AvgIpc) is 3.16. The second-order valence-corrected chi connectivity index (χ2v) is 6.43. The summed E-state index contributed by atoms with van der Waals surface area (Å²) in [5.41, 5.74) is 3.43. The predicted molar refractivity (Wildman–Crippen MR) is 84.8 cm³/mol. The molecule has 0 bridgehead atoms. The molecule has 2 aromatic rings. The van der Waals surface area contributed by atoms with Gasteiger partial charge < -0.3 is 9.64 Å². The van der Waals surface area contributed by atoms with Crippen molar-refractivity contribution in [3.8, 4) is 0 Å². The largest absolute Gasteiger partial charge is 0.378 e. The molecule has 21 heavy (non-hydrogen) atoms. The number of carbonyl (C=O) groups is 1. The number of amides is 1. The number of rotatable bonds is 5. The fraction of sp³-hybridized carbons (Fsp3) is 0.500. The molecule has 1 aliphatic heterocycles. The lowest BCUT2D eigenvalue weighted by Crippen LogP contribution is -2.28. The van der Waals surface area contributed by atoms with Gasteiger partial charge in [0, 0.05) is 25.8 Å². The van der Waals surface area contributed by atoms with Crippen molar-refractivity contribution in [1.29, 1.82) is 0 Å². The van der Waals surface area contributed by atoms with E-state index in [1.165, 1.54) is 6.42 Å². The molecule has 1 atom stereocenters. The van der Waals surface area contributed by atoms with Crippen LogP contribution in [0.4, 0.5) is 0 Å². The van der Waals surface area contributed by atoms with Gasteiger partial charge in [0.15, 0.2) is 0 Å². The lowest BCUT2D eigenvalue weighted by molar-refractivity contribution is 0.0763. The van der Waals surface area contributed by atoms with Crippen molar-refractivity contribution in [1.82, 2.24) is 9.88 Å². The van der Waals surface area contributed by atoms with E-state index in [1.54, 1.807) is 16.2 Å². The number of hydrogen-bond donors (Lipinski definition) is 0. The van der Waals surface area contributed by atoms with Gasteiger partial charge in [0.2, 0.25) is 0 Å². The highest BCUT2D eigenvalue weighted by atomic mass is 32.1. The van der Waals surface area contributed by atoms with Crippen molar-refractivity contribution in [2.45, 2.75) is 31.8 Å². The molecule has 112 valence electrons. The van der Waals surface area contributed by atoms with Crippen LogP contribution in [0.25, 0.3) is 10.2 Å². The molecule has 0 saturated carbocycles. The maximum Gasteiger partial charge on any atom is 0.253 e. The minimum atomic E-state index is 0.0669. The van der Waals surface area contributed by atoms with Crippen LogP contribution >= 0.6 is 11.3 Å². The van der Waals surface area contributed by atoms with Crippen molar-refractivity contribution in [2.75, 3.05) is 20.2 Å². The van der Waals surface area contributed by atoms with Crippen LogP contribution in [-0.2, 0) is 4.74 Å². The molecule has 1 fully saturated rings. The molecule has 2 heterocycles. The summed E-state index contributed by atoms with van der Waals surface area (Å²) >= 11 is 1.59. The number of aromatic nitrogens is 1. The number of hydrogen-bond acceptors (Lipinski definition) is 4. The van der Waals surface area contributed by atoms with Crippen LogP contribution in [-0.4, -0.2) is 42.1 Å². The third kappa shape index (κ3) is 3.41. The van der Waals surface area contributed by atoms with Crippen molar-refractivity contribution in [3.05, 3.63) is 29.3 Å². The first-order valence-electron chi connectivity index (χ1n) is 7.44. The van der Waals surface area contributed by atoms with Crippen LogP contribution in [0.3, 0.4) is 0 Å². The van der Waals surface area contributed by atoms with Gasteiger partial charge in [0.05, 0.1) is 21.8 Å². The number of thiazole rings is 1. The number of ether oxygens (including phenoxy) is 1. The van der Waals surface area contributed by atoms with Gasteiger partial charge in [-0.05, 0) is 43.9 Å². The quantitative estimate of drug-likeness (QED) is 0.851. The number of benzene rings is 1. The Hall–Kier alpha value is -1.46. The molecular weight excluding hydrogens is 284 g/mol. The van der Waals surface area contributed by atoms with E-state index in [2.05, 4.69) is 4.98 Å². The van der Waals surface area contributed by atoms with E-state index in [9.17, 15) is 4.79 Å². The van der Waals surface area contributed by atoms with Crippen LogP contribution in [0.2, 0.25) is 0 Å². The van der Waals surface area contributed by atoms with Gasteiger partial charge in [-0.2, -0.15) is 0 Å². The monoisotopic (exact) mass is 304 g/mol. The molecule has 1 unspecified atom stereocenters. The minimum Gasteiger partial charge on any atom is -0.378 e. The highest BCUT2D eigenvalue weighted by Crippen LogP contribution is 2.20. The van der Waals surface area contributed by atoms with Gasteiger partial charge in [-0.3, -0.25) is 4.79 Å². The van der Waals surface area contributed by atoms with Crippen LogP contribution in [0, 0.1) is 0 Å². The smallest absolute Gasteiger partial charge is 0.253 e. The maximum absolute atomic E-state index is 12.4. The molecule has 1 aromatic heterocycles. The summed E-state index contributed by atoms with van der Waals surface area (Å²) in [5.74, 6) is 0.0669. The highest BCUT2D eigenvalue weighted by Gasteiger charge is 2.17. The van der Waals surface area contributed by atoms with E-state index in [0.29, 0.717) is 11.7 Å². The van der Waals surface area contributed by atoms with Crippen LogP contribution in [0.5, 0.6) is 0 Å². The van der Waals surface area contributed by atoms with Gasteiger partial charge in [-0.15, -0.1) is 11.3 Å². The summed E-state index contributed by atoms with van der Waals surface area (Å²) in [5, 5.41) is 0. The molecule has 5 heteroatoms. The highest BCUT2D eigenvalue weighted by molar-refractivity contribution is 7.16. The Labute approximate surface area is 128 Å². The van der Waals surface area contributed by atoms with Crippen LogP contribution in [0.15, 0.2) is 23.7 Å². The Kier molecular flexibility index (Phi) is 4.51. The maximum atomic E-state index is 12.4. The molecule has 1 aliphatic rings. The first kappa shape index (κ1) is 14.5. The predicted octanol–water partition coefficient (Wildman–Crippen LogP) is 3.33. The fourth-order valence-electron chi connectivity index (χ4n) is 2.74. The van der Waals surface area contributed by atoms with E-state index in [1.807, 2.05) is 30.8 Å². The third-order valence-electron chi connectivity index (χ3n) is 3.97. The Morgan fingerprint density at radius 1 is 1.52 bits per heavy atom. The molecule has 0 aliphatic carbocycles. The molecule has 0 N–H and O–H groups in total. The number of nitrogens with zero attached hydrogens (tertiary/aromatic N) is 2. The zero-order valence-electron chi connectivity index (χ0n) is 12.2. The van der Waals surface area contributed by atoms with E-state index in [0.717, 1.165) is 42.6 Å². The summed E-state index contributed by atoms with van der Waals surface area (Å²) in [6.07, 6.45) is 4.78. The van der Waals surface area contributed by atoms with Crippen molar-refractivity contribution >= 4 is 27.5 Å². The number of fused-ring (bicyclic) bond motifs is 1. The van der Waals surface area contributed by atoms with Crippen LogP contribution in [0.1, 0.15) is 36.0 Å². The summed E-state index contributed by atoms with van der Waals surface area (Å²) in [7, 11) is 1.86. The zero-order chi connectivity index (χ0) is 14.7. The SMILES string of the molecule is CN(CCCC1CCCO1)C(=O)c1ccc2scnc2c1. The van der Waals surface area contributed by atoms with E-state index in [-0.39, 0.29) is 5.91 Å². The molecule has 4 nitrogen and oxygen atoms in total. The summed E-state index contributed by atoms with van der Waals surface area (Å²) in [6, 6.07) is 5.74. The first-order valence-corrected chi connectivity index (χ1v) is 8.32. The molecule has 3 rings (SSSR count). The van der Waals surface area contributed by atoms with Crippen molar-refractivity contribution < 1.29 is 9.53 Å². The standard InChI is InChI=1S/C16H20N2O2S/c1-18(8-2-4-13-5-3-9-20-13)16(19)12-6-7-15-14(10-12)17-11-21-15/h6-7,10-11,13H,2-5,8-9H2,1H3. The summed E-state index contributed by atoms with van der Waals surface area (Å²) in [6.45, 7) is 1.67. The second-order valence-electron chi connectivity index (χ2n) is 5.54. The van der Waals surface area contributed by atoms with Gasteiger partial charge in [-0.1, -0.05) is 0 Å². The topological polar surface area (TPSA) is 42.4 Å². The van der Waals surface area contributed by atoms with E-state index in [4.69, 9.17) is 4.74 Å². The van der Waals surface area contributed by atoms with Crippen LogP contribution < -0.4 is 0 Å². The third-order valence-corrected chi connectivity index (χ3v) is 4.78. The molecular formula is C16H20N2O2S. The zero-order valence-corrected chi connectivity index (χ0v) is 13.1. The van der Waals surface area contributed by atoms with E-state index >= 15 is 0 Å².